The predicted molar refractivity (Wildman–Crippen MR) is 86.6 cm³/mol. The molecule has 2 aromatic rings. The van der Waals surface area contributed by atoms with Crippen LogP contribution in [0.1, 0.15) is 55.9 Å². The van der Waals surface area contributed by atoms with Gasteiger partial charge in [-0.1, -0.05) is 37.2 Å². The Bertz CT molecular complexity index is 757. The second-order valence-corrected chi connectivity index (χ2v) is 6.45. The SMILES string of the molecule is CCc1nc(C2CCCN2C(=O)C2Oc3ccccc3C2C)no1. The van der Waals surface area contributed by atoms with Crippen molar-refractivity contribution in [1.29, 1.82) is 0 Å². The number of carbonyl (C=O) groups excluding carboxylic acids is 1. The van der Waals surface area contributed by atoms with Crippen LogP contribution in [0, 0.1) is 0 Å². The first-order valence-electron chi connectivity index (χ1n) is 8.57. The van der Waals surface area contributed by atoms with Crippen molar-refractivity contribution < 1.29 is 14.1 Å². The number of aromatic nitrogens is 2. The number of benzene rings is 1. The molecular formula is C18H21N3O3. The number of para-hydroxylation sites is 1. The Labute approximate surface area is 140 Å². The Morgan fingerprint density at radius 2 is 2.21 bits per heavy atom. The highest BCUT2D eigenvalue weighted by molar-refractivity contribution is 5.84. The van der Waals surface area contributed by atoms with Gasteiger partial charge in [-0.25, -0.2) is 0 Å². The topological polar surface area (TPSA) is 68.5 Å². The molecule has 6 heteroatoms. The smallest absolute Gasteiger partial charge is 0.264 e. The molecule has 1 aromatic carbocycles. The summed E-state index contributed by atoms with van der Waals surface area (Å²) in [6.45, 7) is 4.73. The molecule has 1 saturated heterocycles. The standard InChI is InChI=1S/C18H21N3O3/c1-3-15-19-17(20-24-15)13-8-6-10-21(13)18(22)16-11(2)12-7-4-5-9-14(12)23-16/h4-5,7,9,11,13,16H,3,6,8,10H2,1-2H3. The van der Waals surface area contributed by atoms with Gasteiger partial charge in [-0.15, -0.1) is 0 Å². The minimum atomic E-state index is -0.472. The lowest BCUT2D eigenvalue weighted by Gasteiger charge is -2.26. The summed E-state index contributed by atoms with van der Waals surface area (Å²) in [5.74, 6) is 2.10. The molecule has 0 bridgehead atoms. The summed E-state index contributed by atoms with van der Waals surface area (Å²) in [4.78, 5) is 19.4. The highest BCUT2D eigenvalue weighted by atomic mass is 16.5. The molecule has 3 atom stereocenters. The maximum absolute atomic E-state index is 13.1. The summed E-state index contributed by atoms with van der Waals surface area (Å²) < 4.78 is 11.2. The van der Waals surface area contributed by atoms with Gasteiger partial charge in [0.2, 0.25) is 5.89 Å². The van der Waals surface area contributed by atoms with E-state index >= 15 is 0 Å². The largest absolute Gasteiger partial charge is 0.480 e. The van der Waals surface area contributed by atoms with Gasteiger partial charge in [0.15, 0.2) is 11.9 Å². The van der Waals surface area contributed by atoms with Crippen LogP contribution in [0.5, 0.6) is 5.75 Å². The quantitative estimate of drug-likeness (QED) is 0.867. The van der Waals surface area contributed by atoms with Gasteiger partial charge < -0.3 is 14.2 Å². The Kier molecular flexibility index (Phi) is 3.75. The van der Waals surface area contributed by atoms with Crippen molar-refractivity contribution >= 4 is 5.91 Å². The summed E-state index contributed by atoms with van der Waals surface area (Å²) >= 11 is 0. The first-order chi connectivity index (χ1) is 11.7. The Hall–Kier alpha value is -2.37. The highest BCUT2D eigenvalue weighted by Crippen LogP contribution is 2.40. The molecule has 3 unspecified atom stereocenters. The molecule has 3 heterocycles. The lowest BCUT2D eigenvalue weighted by Crippen LogP contribution is -2.42. The number of ether oxygens (including phenoxy) is 1. The van der Waals surface area contributed by atoms with E-state index in [4.69, 9.17) is 9.26 Å². The van der Waals surface area contributed by atoms with Gasteiger partial charge >= 0.3 is 0 Å². The normalized spacial score (nSPS) is 25.6. The molecule has 126 valence electrons. The summed E-state index contributed by atoms with van der Waals surface area (Å²) in [6.07, 6.45) is 2.04. The maximum Gasteiger partial charge on any atom is 0.264 e. The Morgan fingerprint density at radius 3 is 2.96 bits per heavy atom. The van der Waals surface area contributed by atoms with Crippen molar-refractivity contribution in [2.75, 3.05) is 6.54 Å². The molecule has 2 aliphatic rings. The monoisotopic (exact) mass is 327 g/mol. The molecule has 1 amide bonds. The van der Waals surface area contributed by atoms with E-state index in [0.717, 1.165) is 24.2 Å². The van der Waals surface area contributed by atoms with Crippen LogP contribution in [0.4, 0.5) is 0 Å². The average Bonchev–Trinajstić information content (AvgIpc) is 3.32. The molecule has 0 aliphatic carbocycles. The number of rotatable bonds is 3. The van der Waals surface area contributed by atoms with E-state index in [1.165, 1.54) is 0 Å². The second kappa shape index (κ2) is 5.92. The van der Waals surface area contributed by atoms with Crippen LogP contribution in [-0.4, -0.2) is 33.6 Å². The highest BCUT2D eigenvalue weighted by Gasteiger charge is 2.43. The number of aryl methyl sites for hydroxylation is 1. The summed E-state index contributed by atoms with van der Waals surface area (Å²) in [7, 11) is 0. The summed E-state index contributed by atoms with van der Waals surface area (Å²) in [5.41, 5.74) is 1.10. The molecule has 2 aliphatic heterocycles. The lowest BCUT2D eigenvalue weighted by atomic mass is 9.96. The third-order valence-corrected chi connectivity index (χ3v) is 4.98. The number of hydrogen-bond donors (Lipinski definition) is 0. The van der Waals surface area contributed by atoms with E-state index in [1.54, 1.807) is 0 Å². The zero-order chi connectivity index (χ0) is 16.7. The summed E-state index contributed by atoms with van der Waals surface area (Å²) in [5, 5.41) is 4.07. The number of fused-ring (bicyclic) bond motifs is 1. The van der Waals surface area contributed by atoms with Gasteiger partial charge in [0.25, 0.3) is 5.91 Å². The van der Waals surface area contributed by atoms with E-state index < -0.39 is 6.10 Å². The minimum Gasteiger partial charge on any atom is -0.480 e. The number of hydrogen-bond acceptors (Lipinski definition) is 5. The first-order valence-corrected chi connectivity index (χ1v) is 8.57. The zero-order valence-corrected chi connectivity index (χ0v) is 13.9. The van der Waals surface area contributed by atoms with Crippen LogP contribution < -0.4 is 4.74 Å². The number of amides is 1. The Morgan fingerprint density at radius 1 is 1.38 bits per heavy atom. The third-order valence-electron chi connectivity index (χ3n) is 4.98. The molecule has 0 N–H and O–H groups in total. The molecule has 1 fully saturated rings. The fraction of sp³-hybridized carbons (Fsp3) is 0.500. The number of carbonyl (C=O) groups is 1. The fourth-order valence-electron chi connectivity index (χ4n) is 3.64. The van der Waals surface area contributed by atoms with Gasteiger partial charge in [0.1, 0.15) is 5.75 Å². The average molecular weight is 327 g/mol. The van der Waals surface area contributed by atoms with Crippen molar-refractivity contribution in [3.8, 4) is 5.75 Å². The second-order valence-electron chi connectivity index (χ2n) is 6.45. The molecule has 4 rings (SSSR count). The van der Waals surface area contributed by atoms with Gasteiger partial charge in [-0.2, -0.15) is 4.98 Å². The van der Waals surface area contributed by atoms with E-state index in [9.17, 15) is 4.79 Å². The number of nitrogens with zero attached hydrogens (tertiary/aromatic N) is 3. The van der Waals surface area contributed by atoms with Crippen molar-refractivity contribution in [2.24, 2.45) is 0 Å². The first kappa shape index (κ1) is 15.2. The van der Waals surface area contributed by atoms with Crippen LogP contribution in [-0.2, 0) is 11.2 Å². The van der Waals surface area contributed by atoms with Crippen LogP contribution in [0.3, 0.4) is 0 Å². The molecular weight excluding hydrogens is 306 g/mol. The fourth-order valence-corrected chi connectivity index (χ4v) is 3.64. The van der Waals surface area contributed by atoms with Crippen molar-refractivity contribution in [3.63, 3.8) is 0 Å². The molecule has 0 radical (unpaired) electrons. The van der Waals surface area contributed by atoms with E-state index in [0.29, 0.717) is 24.7 Å². The maximum atomic E-state index is 13.1. The van der Waals surface area contributed by atoms with Crippen LogP contribution in [0.15, 0.2) is 28.8 Å². The van der Waals surface area contributed by atoms with Gasteiger partial charge in [0, 0.05) is 24.4 Å². The minimum absolute atomic E-state index is 0.0176. The number of likely N-dealkylation sites (tertiary alicyclic amines) is 1. The molecule has 0 saturated carbocycles. The van der Waals surface area contributed by atoms with Crippen molar-refractivity contribution in [3.05, 3.63) is 41.5 Å². The van der Waals surface area contributed by atoms with Crippen molar-refractivity contribution in [2.45, 2.75) is 51.2 Å². The zero-order valence-electron chi connectivity index (χ0n) is 13.9. The van der Waals surface area contributed by atoms with Gasteiger partial charge in [0.05, 0.1) is 6.04 Å². The van der Waals surface area contributed by atoms with Crippen LogP contribution >= 0.6 is 0 Å². The lowest BCUT2D eigenvalue weighted by molar-refractivity contribution is -0.139. The van der Waals surface area contributed by atoms with Gasteiger partial charge in [-0.05, 0) is 18.9 Å². The van der Waals surface area contributed by atoms with Crippen molar-refractivity contribution in [1.82, 2.24) is 15.0 Å². The van der Waals surface area contributed by atoms with Crippen LogP contribution in [0.2, 0.25) is 0 Å². The predicted octanol–water partition coefficient (Wildman–Crippen LogP) is 2.86. The van der Waals surface area contributed by atoms with E-state index in [1.807, 2.05) is 43.0 Å². The van der Waals surface area contributed by atoms with Crippen LogP contribution in [0.25, 0.3) is 0 Å². The third kappa shape index (κ3) is 2.37. The van der Waals surface area contributed by atoms with Gasteiger partial charge in [-0.3, -0.25) is 4.79 Å². The van der Waals surface area contributed by atoms with E-state index in [2.05, 4.69) is 10.1 Å². The molecule has 6 nitrogen and oxygen atoms in total. The molecule has 1 aromatic heterocycles. The summed E-state index contributed by atoms with van der Waals surface area (Å²) in [6, 6.07) is 7.76. The molecule has 24 heavy (non-hydrogen) atoms. The molecule has 0 spiro atoms. The van der Waals surface area contributed by atoms with E-state index in [-0.39, 0.29) is 17.9 Å². The Balaban J connectivity index is 1.56.